The van der Waals surface area contributed by atoms with Crippen LogP contribution in [0.2, 0.25) is 0 Å². The minimum absolute atomic E-state index is 0.577. The van der Waals surface area contributed by atoms with Crippen molar-refractivity contribution in [1.29, 1.82) is 0 Å². The van der Waals surface area contributed by atoms with E-state index in [2.05, 4.69) is 315 Å². The molecule has 12 heteroatoms. The summed E-state index contributed by atoms with van der Waals surface area (Å²) in [5.41, 5.74) is 15.4. The highest BCUT2D eigenvalue weighted by Gasteiger charge is 2.25. The van der Waals surface area contributed by atoms with Crippen LogP contribution in [0.1, 0.15) is 0 Å². The van der Waals surface area contributed by atoms with Crippen LogP contribution in [0.15, 0.2) is 480 Å². The highest BCUT2D eigenvalue weighted by atomic mass is 16.3. The second kappa shape index (κ2) is 33.8. The summed E-state index contributed by atoms with van der Waals surface area (Å²) in [6, 6.07) is 163. The largest absolute Gasteiger partial charge is 0.456 e. The average molecular weight is 1830 g/mol. The minimum atomic E-state index is 0.577. The van der Waals surface area contributed by atoms with Gasteiger partial charge in [0.25, 0.3) is 0 Å². The Morgan fingerprint density at radius 2 is 0.406 bits per heavy atom. The zero-order valence-electron chi connectivity index (χ0n) is 76.7. The van der Waals surface area contributed by atoms with E-state index in [4.69, 9.17) is 58.1 Å². The number of aromatic nitrogens is 9. The van der Waals surface area contributed by atoms with Gasteiger partial charge in [0.1, 0.15) is 33.5 Å². The topological polar surface area (TPSA) is 155 Å². The summed E-state index contributed by atoms with van der Waals surface area (Å²) < 4.78 is 18.8. The molecule has 0 aliphatic carbocycles. The predicted octanol–water partition coefficient (Wildman–Crippen LogP) is 34.7. The van der Waals surface area contributed by atoms with Crippen molar-refractivity contribution < 1.29 is 13.3 Å². The van der Waals surface area contributed by atoms with Crippen molar-refractivity contribution in [2.45, 2.75) is 0 Å². The monoisotopic (exact) mass is 1820 g/mol. The maximum Gasteiger partial charge on any atom is 0.167 e. The zero-order chi connectivity index (χ0) is 94.1. The lowest BCUT2D eigenvalue weighted by Crippen LogP contribution is -2.01. The molecule has 143 heavy (non-hydrogen) atoms. The van der Waals surface area contributed by atoms with Crippen LogP contribution in [0.5, 0.6) is 0 Å². The van der Waals surface area contributed by atoms with Crippen LogP contribution in [-0.4, -0.2) is 44.9 Å². The fourth-order valence-corrected chi connectivity index (χ4v) is 21.1. The van der Waals surface area contributed by atoms with Gasteiger partial charge in [-0.05, 0) is 215 Å². The Bertz CT molecular complexity index is 10500. The van der Waals surface area contributed by atoms with Crippen LogP contribution in [0.3, 0.4) is 0 Å². The molecule has 0 aliphatic heterocycles. The summed E-state index contributed by atoms with van der Waals surface area (Å²) in [6.45, 7) is 0. The van der Waals surface area contributed by atoms with Crippen molar-refractivity contribution in [2.24, 2.45) is 0 Å². The van der Waals surface area contributed by atoms with E-state index in [1.54, 1.807) is 0 Å². The van der Waals surface area contributed by atoms with Crippen LogP contribution in [0.25, 0.3) is 298 Å². The first kappa shape index (κ1) is 81.9. The van der Waals surface area contributed by atoms with Gasteiger partial charge >= 0.3 is 0 Å². The van der Waals surface area contributed by atoms with Gasteiger partial charge in [0.05, 0.1) is 5.56 Å². The molecular weight excluding hydrogens is 1750 g/mol. The highest BCUT2D eigenvalue weighted by Crippen LogP contribution is 2.46. The normalized spacial score (nSPS) is 11.8. The van der Waals surface area contributed by atoms with Crippen LogP contribution in [0, 0.1) is 0 Å². The standard InChI is InChI=1S/C49H29N3O.C43H25N3O.C39H23N3O/c1-2-11-31(12-3-1)47-50-48(36-21-25-46-43(29-36)41-16-8-9-17-45(41)53-46)52-49(51-47)44-28-33-14-5-4-13-32(33)27-42(44)35-19-22-38-34(26-35)20-24-39-37-15-7-6-10-30(37)18-23-40(38)39;1-2-10-28-24-30(17-16-26(28)8-1)41-44-42(46-43(45-41)38-14-7-13-37-36-12-5-6-15-39(36)47-40(37)38)31-20-21-33-29(25-31)19-23-34-32-11-4-3-9-27(32)18-22-35(33)34;1-2-10-25(11-3-1)37-40-38(42-39(41-37)33-14-8-16-35-36(33)32-13-6-7-15-34(32)43-35)27-19-20-29-26(23-27)18-22-30-28-12-5-4-9-24(28)17-21-31(29)30/h1-29H;1-25H;1-23H. The predicted molar refractivity (Wildman–Crippen MR) is 588 cm³/mol. The number of hydrogen-bond donors (Lipinski definition) is 0. The molecule has 0 bridgehead atoms. The third-order valence-electron chi connectivity index (χ3n) is 28.1. The van der Waals surface area contributed by atoms with Crippen LogP contribution in [-0.2, 0) is 0 Å². The van der Waals surface area contributed by atoms with Crippen molar-refractivity contribution in [3.05, 3.63) is 467 Å². The van der Waals surface area contributed by atoms with Gasteiger partial charge in [-0.25, -0.2) is 44.9 Å². The van der Waals surface area contributed by atoms with Gasteiger partial charge in [-0.2, -0.15) is 0 Å². The molecule has 0 fully saturated rings. The van der Waals surface area contributed by atoms with E-state index >= 15 is 0 Å². The first-order valence-electron chi connectivity index (χ1n) is 48.0. The number of fused-ring (bicyclic) bond motifs is 26. The summed E-state index contributed by atoms with van der Waals surface area (Å²) in [5, 5.41) is 33.0. The maximum atomic E-state index is 6.42. The first-order valence-corrected chi connectivity index (χ1v) is 48.0. The molecule has 0 aliphatic rings. The van der Waals surface area contributed by atoms with Crippen molar-refractivity contribution >= 4 is 184 Å². The minimum Gasteiger partial charge on any atom is -0.456 e. The quantitative estimate of drug-likeness (QED) is 0.120. The van der Waals surface area contributed by atoms with E-state index in [9.17, 15) is 0 Å². The molecule has 6 aromatic heterocycles. The molecule has 30 rings (SSSR count). The molecule has 0 saturated heterocycles. The molecule has 0 amide bonds. The Kier molecular flexibility index (Phi) is 19.3. The number of nitrogens with zero attached hydrogens (tertiary/aromatic N) is 9. The van der Waals surface area contributed by atoms with Crippen LogP contribution < -0.4 is 0 Å². The number of furan rings is 3. The molecule has 6 heterocycles. The number of hydrogen-bond acceptors (Lipinski definition) is 12. The smallest absolute Gasteiger partial charge is 0.167 e. The average Bonchev–Trinajstić information content (AvgIpc) is 1.61. The van der Waals surface area contributed by atoms with Gasteiger partial charge in [-0.3, -0.25) is 0 Å². The number of para-hydroxylation sites is 4. The second-order valence-corrected chi connectivity index (χ2v) is 36.5. The molecule has 0 N–H and O–H groups in total. The molecule has 0 saturated carbocycles. The van der Waals surface area contributed by atoms with Gasteiger partial charge in [-0.15, -0.1) is 0 Å². The van der Waals surface area contributed by atoms with Crippen molar-refractivity contribution in [3.8, 4) is 114 Å². The summed E-state index contributed by atoms with van der Waals surface area (Å²) in [6.07, 6.45) is 0. The molecule has 0 spiro atoms. The third kappa shape index (κ3) is 14.4. The molecule has 0 atom stereocenters. The lowest BCUT2D eigenvalue weighted by atomic mass is 9.91. The fraction of sp³-hybridized carbons (Fsp3) is 0. The Morgan fingerprint density at radius 3 is 0.916 bits per heavy atom. The molecule has 12 nitrogen and oxygen atoms in total. The molecule has 30 aromatic rings. The molecule has 0 unspecified atom stereocenters. The molecular formula is C131H77N9O3. The fourth-order valence-electron chi connectivity index (χ4n) is 21.1. The van der Waals surface area contributed by atoms with Gasteiger partial charge in [-0.1, -0.05) is 382 Å². The number of rotatable bonds is 10. The lowest BCUT2D eigenvalue weighted by molar-refractivity contribution is 0.668. The van der Waals surface area contributed by atoms with Gasteiger partial charge < -0.3 is 13.3 Å². The molecule has 24 aromatic carbocycles. The Labute approximate surface area is 817 Å². The second-order valence-electron chi connectivity index (χ2n) is 36.5. The van der Waals surface area contributed by atoms with E-state index in [0.717, 1.165) is 154 Å². The van der Waals surface area contributed by atoms with Gasteiger partial charge in [0.15, 0.2) is 52.4 Å². The van der Waals surface area contributed by atoms with E-state index < -0.39 is 0 Å². The van der Waals surface area contributed by atoms with E-state index in [0.29, 0.717) is 52.4 Å². The zero-order valence-corrected chi connectivity index (χ0v) is 76.7. The SMILES string of the molecule is c1ccc(-c2nc(-c3ccc4c(ccc5c6ccccc6ccc45)c3)nc(-c3cccc4oc5ccccc5c34)n2)cc1.c1ccc(-c2nc(-c3ccc4oc5ccccc5c4c3)nc(-c3cc4ccccc4cc3-c3ccc4c(ccc5c6ccccc6ccc45)c3)n2)cc1.c1ccc2cc(-c3nc(-c4ccc5c(ccc6c7ccccc7ccc56)c4)nc(-c4cccc5c4oc4ccccc45)n3)ccc2c1. The van der Waals surface area contributed by atoms with E-state index in [1.807, 2.05) is 152 Å². The van der Waals surface area contributed by atoms with Crippen LogP contribution >= 0.6 is 0 Å². The Morgan fingerprint density at radius 1 is 0.119 bits per heavy atom. The van der Waals surface area contributed by atoms with Crippen LogP contribution in [0.4, 0.5) is 0 Å². The summed E-state index contributed by atoms with van der Waals surface area (Å²) in [5.74, 6) is 5.55. The van der Waals surface area contributed by atoms with E-state index in [-0.39, 0.29) is 0 Å². The third-order valence-corrected chi connectivity index (χ3v) is 28.1. The maximum absolute atomic E-state index is 6.42. The number of benzene rings is 24. The highest BCUT2D eigenvalue weighted by molar-refractivity contribution is 6.22. The molecule has 0 radical (unpaired) electrons. The van der Waals surface area contributed by atoms with E-state index in [1.165, 1.54) is 91.6 Å². The van der Waals surface area contributed by atoms with Crippen molar-refractivity contribution in [3.63, 3.8) is 0 Å². The van der Waals surface area contributed by atoms with Crippen molar-refractivity contribution in [1.82, 2.24) is 44.9 Å². The Hall–Kier alpha value is -19.4. The molecule has 664 valence electrons. The first-order chi connectivity index (χ1) is 70.8. The summed E-state index contributed by atoms with van der Waals surface area (Å²) >= 11 is 0. The van der Waals surface area contributed by atoms with Gasteiger partial charge in [0.2, 0.25) is 0 Å². The van der Waals surface area contributed by atoms with Crippen molar-refractivity contribution in [2.75, 3.05) is 0 Å². The summed E-state index contributed by atoms with van der Waals surface area (Å²) in [4.78, 5) is 45.9. The lowest BCUT2D eigenvalue weighted by Gasteiger charge is -2.15. The van der Waals surface area contributed by atoms with Gasteiger partial charge in [0, 0.05) is 76.8 Å². The Balaban J connectivity index is 0.000000105. The summed E-state index contributed by atoms with van der Waals surface area (Å²) in [7, 11) is 0.